The monoisotopic (exact) mass is 589 g/mol. The molecule has 39 heavy (non-hydrogen) atoms. The maximum absolute atomic E-state index is 13.4. The van der Waals surface area contributed by atoms with E-state index in [1.807, 2.05) is 17.8 Å². The highest BCUT2D eigenvalue weighted by Gasteiger charge is 2.28. The number of benzene rings is 1. The van der Waals surface area contributed by atoms with Crippen molar-refractivity contribution < 1.29 is 22.7 Å². The van der Waals surface area contributed by atoms with Crippen LogP contribution in [0.4, 0.5) is 5.69 Å². The first-order chi connectivity index (χ1) is 18.8. The Labute approximate surface area is 236 Å². The van der Waals surface area contributed by atoms with Crippen molar-refractivity contribution in [2.75, 3.05) is 62.3 Å². The lowest BCUT2D eigenvalue weighted by molar-refractivity contribution is -0.145. The van der Waals surface area contributed by atoms with Gasteiger partial charge in [-0.2, -0.15) is 20.2 Å². The molecular formula is C26H31N5O5S3. The van der Waals surface area contributed by atoms with Crippen LogP contribution in [0.15, 0.2) is 52.6 Å². The number of sulfonamides is 1. The molecule has 1 N–H and O–H groups in total. The quantitative estimate of drug-likeness (QED) is 0.356. The molecule has 0 saturated carbocycles. The van der Waals surface area contributed by atoms with Crippen LogP contribution in [0.1, 0.15) is 12.6 Å². The lowest BCUT2D eigenvalue weighted by Crippen LogP contribution is -2.37. The van der Waals surface area contributed by atoms with Crippen molar-refractivity contribution in [2.24, 2.45) is 4.99 Å². The van der Waals surface area contributed by atoms with Gasteiger partial charge >= 0.3 is 5.97 Å². The first-order valence-electron chi connectivity index (χ1n) is 12.7. The molecule has 5 rings (SSSR count). The summed E-state index contributed by atoms with van der Waals surface area (Å²) in [5.41, 5.74) is 1.81. The molecule has 0 aliphatic carbocycles. The van der Waals surface area contributed by atoms with E-state index in [1.165, 1.54) is 35.1 Å². The van der Waals surface area contributed by atoms with Crippen molar-refractivity contribution in [3.63, 3.8) is 0 Å². The molecule has 2 aliphatic heterocycles. The van der Waals surface area contributed by atoms with Gasteiger partial charge in [-0.25, -0.2) is 9.78 Å². The number of esters is 1. The maximum Gasteiger partial charge on any atom is 0.344 e. The number of pyridine rings is 1. The van der Waals surface area contributed by atoms with Gasteiger partial charge in [0.2, 0.25) is 0 Å². The second-order valence-electron chi connectivity index (χ2n) is 9.12. The molecule has 4 heterocycles. The van der Waals surface area contributed by atoms with Crippen molar-refractivity contribution in [3.8, 4) is 5.75 Å². The van der Waals surface area contributed by atoms with Gasteiger partial charge in [-0.15, -0.1) is 0 Å². The molecule has 208 valence electrons. The molecule has 13 heteroatoms. The van der Waals surface area contributed by atoms with E-state index in [1.54, 1.807) is 43.0 Å². The Morgan fingerprint density at radius 1 is 1.23 bits per heavy atom. The number of nitrogens with one attached hydrogen (secondary N) is 1. The van der Waals surface area contributed by atoms with Crippen LogP contribution in [0.3, 0.4) is 0 Å². The number of hydrogen-bond acceptors (Lipinski definition) is 10. The van der Waals surface area contributed by atoms with Gasteiger partial charge in [-0.1, -0.05) is 17.8 Å². The molecule has 0 radical (unpaired) electrons. The van der Waals surface area contributed by atoms with Gasteiger partial charge < -0.3 is 19.4 Å². The SMILES string of the molecule is CCOC(=O)COc1cc(N(C)S(=O)(=O)c2ccccn2)c2[nH]c(C3=NCC(CN4CCSCC4)S3)cc2c1. The highest BCUT2D eigenvalue weighted by molar-refractivity contribution is 8.15. The van der Waals surface area contributed by atoms with E-state index in [0.717, 1.165) is 42.3 Å². The fourth-order valence-electron chi connectivity index (χ4n) is 4.49. The third-order valence-corrected chi connectivity index (χ3v) is 10.3. The van der Waals surface area contributed by atoms with E-state index in [2.05, 4.69) is 14.9 Å². The fraction of sp³-hybridized carbons (Fsp3) is 0.423. The van der Waals surface area contributed by atoms with Crippen LogP contribution in [-0.2, 0) is 19.6 Å². The normalized spacial score (nSPS) is 18.2. The molecule has 1 saturated heterocycles. The number of carbonyl (C=O) groups is 1. The van der Waals surface area contributed by atoms with Crippen LogP contribution in [-0.4, -0.2) is 97.5 Å². The topological polar surface area (TPSA) is 117 Å². The first kappa shape index (κ1) is 27.8. The molecule has 1 fully saturated rings. The van der Waals surface area contributed by atoms with E-state index >= 15 is 0 Å². The minimum absolute atomic E-state index is 0.0695. The Hall–Kier alpha value is -2.74. The van der Waals surface area contributed by atoms with Gasteiger partial charge in [-0.05, 0) is 31.2 Å². The van der Waals surface area contributed by atoms with Gasteiger partial charge in [0.15, 0.2) is 11.6 Å². The first-order valence-corrected chi connectivity index (χ1v) is 16.2. The lowest BCUT2D eigenvalue weighted by Gasteiger charge is -2.28. The van der Waals surface area contributed by atoms with Crippen molar-refractivity contribution in [3.05, 3.63) is 48.3 Å². The van der Waals surface area contributed by atoms with Crippen LogP contribution in [0.2, 0.25) is 0 Å². The summed E-state index contributed by atoms with van der Waals surface area (Å²) in [6.45, 7) is 5.65. The number of aromatic nitrogens is 2. The summed E-state index contributed by atoms with van der Waals surface area (Å²) < 4.78 is 38.7. The average Bonchev–Trinajstić information content (AvgIpc) is 3.59. The summed E-state index contributed by atoms with van der Waals surface area (Å²) in [5, 5.41) is 1.95. The lowest BCUT2D eigenvalue weighted by atomic mass is 10.2. The predicted octanol–water partition coefficient (Wildman–Crippen LogP) is 3.24. The summed E-state index contributed by atoms with van der Waals surface area (Å²) in [6.07, 6.45) is 1.44. The van der Waals surface area contributed by atoms with Crippen molar-refractivity contribution in [2.45, 2.75) is 17.2 Å². The molecule has 1 unspecified atom stereocenters. The second kappa shape index (κ2) is 12.2. The number of ether oxygens (including phenoxy) is 2. The molecule has 2 aromatic heterocycles. The van der Waals surface area contributed by atoms with Crippen LogP contribution in [0, 0.1) is 0 Å². The Morgan fingerprint density at radius 2 is 2.05 bits per heavy atom. The molecule has 1 aromatic carbocycles. The minimum atomic E-state index is -3.96. The molecule has 0 bridgehead atoms. The largest absolute Gasteiger partial charge is 0.482 e. The highest BCUT2D eigenvalue weighted by Crippen LogP contribution is 2.36. The Balaban J connectivity index is 1.45. The van der Waals surface area contributed by atoms with E-state index in [4.69, 9.17) is 14.5 Å². The Morgan fingerprint density at radius 3 is 2.79 bits per heavy atom. The summed E-state index contributed by atoms with van der Waals surface area (Å²) in [6, 6.07) is 10.1. The van der Waals surface area contributed by atoms with Gasteiger partial charge in [-0.3, -0.25) is 9.30 Å². The number of aromatic amines is 1. The molecular weight excluding hydrogens is 559 g/mol. The number of hydrogen-bond donors (Lipinski definition) is 1. The van der Waals surface area contributed by atoms with Crippen LogP contribution in [0.25, 0.3) is 10.9 Å². The van der Waals surface area contributed by atoms with E-state index in [9.17, 15) is 13.2 Å². The molecule has 2 aliphatic rings. The fourth-order valence-corrected chi connectivity index (χ4v) is 7.73. The van der Waals surface area contributed by atoms with E-state index in [-0.39, 0.29) is 18.2 Å². The Kier molecular flexibility index (Phi) is 8.70. The zero-order chi connectivity index (χ0) is 27.4. The van der Waals surface area contributed by atoms with Gasteiger partial charge in [0.1, 0.15) is 10.8 Å². The summed E-state index contributed by atoms with van der Waals surface area (Å²) in [5.74, 6) is 2.19. The summed E-state index contributed by atoms with van der Waals surface area (Å²) in [4.78, 5) is 26.7. The second-order valence-corrected chi connectivity index (χ2v) is 13.6. The zero-order valence-electron chi connectivity index (χ0n) is 21.8. The number of thioether (sulfide) groups is 2. The van der Waals surface area contributed by atoms with Gasteiger partial charge in [0.25, 0.3) is 10.0 Å². The third kappa shape index (κ3) is 6.37. The number of fused-ring (bicyclic) bond motifs is 1. The van der Waals surface area contributed by atoms with E-state index in [0.29, 0.717) is 22.2 Å². The summed E-state index contributed by atoms with van der Waals surface area (Å²) in [7, 11) is -2.49. The third-order valence-electron chi connectivity index (χ3n) is 6.46. The predicted molar refractivity (Wildman–Crippen MR) is 157 cm³/mol. The molecule has 3 aromatic rings. The minimum Gasteiger partial charge on any atom is -0.482 e. The van der Waals surface area contributed by atoms with Crippen LogP contribution < -0.4 is 9.04 Å². The van der Waals surface area contributed by atoms with Crippen molar-refractivity contribution >= 4 is 61.2 Å². The zero-order valence-corrected chi connectivity index (χ0v) is 24.3. The number of nitrogens with zero attached hydrogens (tertiary/aromatic N) is 4. The molecule has 0 spiro atoms. The number of anilines is 1. The number of aliphatic imine (C=N–C) groups is 1. The van der Waals surface area contributed by atoms with Crippen molar-refractivity contribution in [1.82, 2.24) is 14.9 Å². The molecule has 0 amide bonds. The van der Waals surface area contributed by atoms with Crippen LogP contribution >= 0.6 is 23.5 Å². The highest BCUT2D eigenvalue weighted by atomic mass is 32.2. The van der Waals surface area contributed by atoms with Gasteiger partial charge in [0.05, 0.1) is 30.0 Å². The van der Waals surface area contributed by atoms with Gasteiger partial charge in [0, 0.05) is 61.1 Å². The number of H-pyrrole nitrogens is 1. The standard InChI is InChI=1S/C26H31N5O5S3/c1-3-35-24(32)17-36-19-12-18-13-21(26-28-15-20(38-26)16-31-8-10-37-11-9-31)29-25(18)22(14-19)30(2)39(33,34)23-6-4-5-7-27-23/h4-7,12-14,20,29H,3,8-11,15-17H2,1-2H3. The number of rotatable bonds is 10. The Bertz CT molecular complexity index is 1460. The maximum atomic E-state index is 13.4. The molecule has 10 nitrogen and oxygen atoms in total. The van der Waals surface area contributed by atoms with Crippen LogP contribution in [0.5, 0.6) is 5.75 Å². The van der Waals surface area contributed by atoms with E-state index < -0.39 is 16.0 Å². The molecule has 1 atom stereocenters. The average molecular weight is 590 g/mol. The summed E-state index contributed by atoms with van der Waals surface area (Å²) >= 11 is 3.75. The van der Waals surface area contributed by atoms with Crippen molar-refractivity contribution in [1.29, 1.82) is 0 Å². The smallest absolute Gasteiger partial charge is 0.344 e. The number of carbonyl (C=O) groups excluding carboxylic acids is 1.